The number of carboxylic acid groups (broad SMARTS) is 1. The fourth-order valence-corrected chi connectivity index (χ4v) is 2.41. The quantitative estimate of drug-likeness (QED) is 0.846. The van der Waals surface area contributed by atoms with E-state index in [2.05, 4.69) is 4.98 Å². The summed E-state index contributed by atoms with van der Waals surface area (Å²) in [4.78, 5) is 27.8. The molecule has 6 heteroatoms. The van der Waals surface area contributed by atoms with Crippen LogP contribution >= 0.6 is 0 Å². The molecule has 6 nitrogen and oxygen atoms in total. The number of aryl methyl sites for hydroxylation is 2. The van der Waals surface area contributed by atoms with E-state index in [4.69, 9.17) is 4.74 Å². The summed E-state index contributed by atoms with van der Waals surface area (Å²) in [6.07, 6.45) is 0. The van der Waals surface area contributed by atoms with E-state index in [0.29, 0.717) is 11.3 Å². The van der Waals surface area contributed by atoms with Crippen molar-refractivity contribution in [3.8, 4) is 16.9 Å². The summed E-state index contributed by atoms with van der Waals surface area (Å²) in [6, 6.07) is 6.05. The van der Waals surface area contributed by atoms with Crippen molar-refractivity contribution in [2.24, 2.45) is 0 Å². The van der Waals surface area contributed by atoms with Crippen LogP contribution in [0.15, 0.2) is 24.3 Å². The van der Waals surface area contributed by atoms with Crippen molar-refractivity contribution in [3.63, 3.8) is 0 Å². The number of aromatic carboxylic acids is 1. The van der Waals surface area contributed by atoms with E-state index in [-0.39, 0.29) is 28.1 Å². The average molecular weight is 301 g/mol. The summed E-state index contributed by atoms with van der Waals surface area (Å²) >= 11 is 0. The number of carboxylic acids is 1. The first-order valence-corrected chi connectivity index (χ1v) is 6.49. The highest BCUT2D eigenvalue weighted by atomic mass is 16.5. The number of nitrogens with zero attached hydrogens (tertiary/aromatic N) is 1. The Morgan fingerprint density at radius 3 is 2.32 bits per heavy atom. The van der Waals surface area contributed by atoms with Crippen molar-refractivity contribution < 1.29 is 24.5 Å². The van der Waals surface area contributed by atoms with E-state index < -0.39 is 11.9 Å². The van der Waals surface area contributed by atoms with Crippen LogP contribution in [0.5, 0.6) is 5.75 Å². The van der Waals surface area contributed by atoms with Crippen LogP contribution in [0.4, 0.5) is 0 Å². The van der Waals surface area contributed by atoms with Crippen molar-refractivity contribution >= 4 is 11.9 Å². The highest BCUT2D eigenvalue weighted by molar-refractivity contribution is 6.06. The molecule has 2 aromatic rings. The highest BCUT2D eigenvalue weighted by Gasteiger charge is 2.26. The van der Waals surface area contributed by atoms with Crippen molar-refractivity contribution in [3.05, 3.63) is 46.8 Å². The molecule has 1 aromatic heterocycles. The minimum Gasteiger partial charge on any atom is -0.508 e. The van der Waals surface area contributed by atoms with Gasteiger partial charge in [-0.3, -0.25) is 4.98 Å². The molecule has 2 N–H and O–H groups in total. The summed E-state index contributed by atoms with van der Waals surface area (Å²) in [7, 11) is 1.22. The number of hydrogen-bond acceptors (Lipinski definition) is 5. The highest BCUT2D eigenvalue weighted by Crippen LogP contribution is 2.33. The van der Waals surface area contributed by atoms with Gasteiger partial charge in [0.1, 0.15) is 5.75 Å². The number of aromatic nitrogens is 1. The van der Waals surface area contributed by atoms with Gasteiger partial charge in [0.05, 0.1) is 29.6 Å². The minimum absolute atomic E-state index is 0.0308. The average Bonchev–Trinajstić information content (AvgIpc) is 2.45. The van der Waals surface area contributed by atoms with Crippen LogP contribution in [0.1, 0.15) is 32.1 Å². The summed E-state index contributed by atoms with van der Waals surface area (Å²) < 4.78 is 4.75. The second kappa shape index (κ2) is 5.85. The maximum absolute atomic E-state index is 12.1. The minimum atomic E-state index is -1.20. The molecular weight excluding hydrogens is 286 g/mol. The standard InChI is InChI=1S/C16H15NO5/c1-8-12(15(19)20)14(10-5-4-6-11(18)7-10)13(9(2)17-8)16(21)22-3/h4-7,18H,1-3H3,(H,19,20). The lowest BCUT2D eigenvalue weighted by molar-refractivity contribution is 0.0600. The van der Waals surface area contributed by atoms with Gasteiger partial charge in [-0.1, -0.05) is 12.1 Å². The second-order valence-electron chi connectivity index (χ2n) is 4.75. The third-order valence-electron chi connectivity index (χ3n) is 3.30. The smallest absolute Gasteiger partial charge is 0.340 e. The zero-order valence-corrected chi connectivity index (χ0v) is 12.4. The first kappa shape index (κ1) is 15.5. The monoisotopic (exact) mass is 301 g/mol. The van der Waals surface area contributed by atoms with Gasteiger partial charge in [-0.2, -0.15) is 0 Å². The lowest BCUT2D eigenvalue weighted by atomic mass is 9.92. The van der Waals surface area contributed by atoms with Crippen molar-refractivity contribution in [1.82, 2.24) is 4.98 Å². The number of phenolic OH excluding ortho intramolecular Hbond substituents is 1. The lowest BCUT2D eigenvalue weighted by Gasteiger charge is -2.16. The molecule has 22 heavy (non-hydrogen) atoms. The summed E-state index contributed by atoms with van der Waals surface area (Å²) in [5.74, 6) is -1.91. The van der Waals surface area contributed by atoms with E-state index in [1.807, 2.05) is 0 Å². The Hall–Kier alpha value is -2.89. The van der Waals surface area contributed by atoms with Gasteiger partial charge >= 0.3 is 11.9 Å². The Morgan fingerprint density at radius 1 is 1.14 bits per heavy atom. The van der Waals surface area contributed by atoms with Crippen LogP contribution < -0.4 is 0 Å². The molecular formula is C16H15NO5. The van der Waals surface area contributed by atoms with Crippen molar-refractivity contribution in [1.29, 1.82) is 0 Å². The SMILES string of the molecule is COC(=O)c1c(C)nc(C)c(C(=O)O)c1-c1cccc(O)c1. The molecule has 1 heterocycles. The number of phenols is 1. The summed E-state index contributed by atoms with van der Waals surface area (Å²) in [5.41, 5.74) is 1.25. The molecule has 0 amide bonds. The zero-order chi connectivity index (χ0) is 16.4. The van der Waals surface area contributed by atoms with Gasteiger partial charge in [-0.15, -0.1) is 0 Å². The van der Waals surface area contributed by atoms with Gasteiger partial charge in [0.15, 0.2) is 0 Å². The third kappa shape index (κ3) is 2.63. The van der Waals surface area contributed by atoms with E-state index in [0.717, 1.165) is 0 Å². The Balaban J connectivity index is 2.94. The maximum Gasteiger partial charge on any atom is 0.340 e. The molecule has 0 saturated heterocycles. The molecule has 0 aliphatic heterocycles. The normalized spacial score (nSPS) is 10.3. The molecule has 0 bridgehead atoms. The molecule has 0 unspecified atom stereocenters. The number of aromatic hydroxyl groups is 1. The van der Waals surface area contributed by atoms with Crippen LogP contribution in [0.2, 0.25) is 0 Å². The Kier molecular flexibility index (Phi) is 4.12. The molecule has 0 aliphatic rings. The van der Waals surface area contributed by atoms with Crippen LogP contribution in [0.25, 0.3) is 11.1 Å². The fraction of sp³-hybridized carbons (Fsp3) is 0.188. The van der Waals surface area contributed by atoms with E-state index in [9.17, 15) is 19.8 Å². The Labute approximate surface area is 127 Å². The Morgan fingerprint density at radius 2 is 1.77 bits per heavy atom. The van der Waals surface area contributed by atoms with E-state index in [1.165, 1.54) is 19.2 Å². The van der Waals surface area contributed by atoms with Crippen LogP contribution in [0, 0.1) is 13.8 Å². The predicted octanol–water partition coefficient (Wildman–Crippen LogP) is 2.56. The number of methoxy groups -OCH3 is 1. The zero-order valence-electron chi connectivity index (χ0n) is 12.4. The van der Waals surface area contributed by atoms with Crippen LogP contribution in [0.3, 0.4) is 0 Å². The number of hydrogen-bond donors (Lipinski definition) is 2. The summed E-state index contributed by atoms with van der Waals surface area (Å²) in [5, 5.41) is 19.1. The molecule has 0 spiro atoms. The number of benzene rings is 1. The van der Waals surface area contributed by atoms with Gasteiger partial charge in [0, 0.05) is 5.56 Å². The number of rotatable bonds is 3. The molecule has 114 valence electrons. The molecule has 0 radical (unpaired) electrons. The van der Waals surface area contributed by atoms with E-state index in [1.54, 1.807) is 26.0 Å². The Bertz CT molecular complexity index is 767. The largest absolute Gasteiger partial charge is 0.508 e. The number of esters is 1. The van der Waals surface area contributed by atoms with Gasteiger partial charge in [-0.25, -0.2) is 9.59 Å². The van der Waals surface area contributed by atoms with Crippen LogP contribution in [-0.4, -0.2) is 34.2 Å². The maximum atomic E-state index is 12.1. The fourth-order valence-electron chi connectivity index (χ4n) is 2.41. The number of pyridine rings is 1. The first-order valence-electron chi connectivity index (χ1n) is 6.49. The lowest BCUT2D eigenvalue weighted by Crippen LogP contribution is -2.14. The first-order chi connectivity index (χ1) is 10.4. The topological polar surface area (TPSA) is 96.7 Å². The molecule has 0 atom stereocenters. The van der Waals surface area contributed by atoms with Crippen molar-refractivity contribution in [2.45, 2.75) is 13.8 Å². The number of carbonyl (C=O) groups is 2. The molecule has 1 aromatic carbocycles. The second-order valence-corrected chi connectivity index (χ2v) is 4.75. The van der Waals surface area contributed by atoms with E-state index >= 15 is 0 Å². The number of ether oxygens (including phenoxy) is 1. The predicted molar refractivity (Wildman–Crippen MR) is 79.1 cm³/mol. The van der Waals surface area contributed by atoms with Gasteiger partial charge in [-0.05, 0) is 31.5 Å². The molecule has 2 rings (SSSR count). The molecule has 0 aliphatic carbocycles. The third-order valence-corrected chi connectivity index (χ3v) is 3.30. The summed E-state index contributed by atoms with van der Waals surface area (Å²) in [6.45, 7) is 3.17. The molecule has 0 fully saturated rings. The number of carbonyl (C=O) groups excluding carboxylic acids is 1. The van der Waals surface area contributed by atoms with Gasteiger partial charge < -0.3 is 14.9 Å². The van der Waals surface area contributed by atoms with Gasteiger partial charge in [0.2, 0.25) is 0 Å². The van der Waals surface area contributed by atoms with Crippen molar-refractivity contribution in [2.75, 3.05) is 7.11 Å². The van der Waals surface area contributed by atoms with Crippen LogP contribution in [-0.2, 0) is 4.74 Å². The molecule has 0 saturated carbocycles. The van der Waals surface area contributed by atoms with Gasteiger partial charge in [0.25, 0.3) is 0 Å².